The van der Waals surface area contributed by atoms with Crippen molar-refractivity contribution in [2.45, 2.75) is 56.9 Å². The molecule has 0 aromatic heterocycles. The third-order valence-corrected chi connectivity index (χ3v) is 7.20. The number of fused-ring (bicyclic) bond motifs is 1. The molecule has 0 aliphatic carbocycles. The number of halogens is 7. The van der Waals surface area contributed by atoms with Gasteiger partial charge in [-0.05, 0) is 49.2 Å². The summed E-state index contributed by atoms with van der Waals surface area (Å²) in [5.41, 5.74) is 2.36. The van der Waals surface area contributed by atoms with E-state index in [2.05, 4.69) is 5.32 Å². The fourth-order valence-electron chi connectivity index (χ4n) is 5.18. The van der Waals surface area contributed by atoms with Gasteiger partial charge in [0.25, 0.3) is 0 Å². The van der Waals surface area contributed by atoms with Crippen molar-refractivity contribution in [3.8, 4) is 0 Å². The molecule has 42 heavy (non-hydrogen) atoms. The summed E-state index contributed by atoms with van der Waals surface area (Å²) in [6.07, 6.45) is -10.7. The summed E-state index contributed by atoms with van der Waals surface area (Å²) in [5, 5.41) is 2.35. The SMILES string of the molecule is NCCC[C@H]1C(=O)N(Cc2ccccc2F)CC2N(C(=O)NCc3cc(C(F)(F)F)cc(C(F)(F)F)c3)CCC(=O)N21. The average molecular weight is 604 g/mol. The Balaban J connectivity index is 1.59. The van der Waals surface area contributed by atoms with Gasteiger partial charge in [-0.15, -0.1) is 0 Å². The first kappa shape index (κ1) is 31.1. The number of nitrogens with two attached hydrogens (primary N) is 1. The van der Waals surface area contributed by atoms with Gasteiger partial charge in [0.05, 0.1) is 17.7 Å². The predicted molar refractivity (Wildman–Crippen MR) is 135 cm³/mol. The maximum atomic E-state index is 14.4. The Kier molecular flexibility index (Phi) is 8.99. The molecule has 3 N–H and O–H groups in total. The van der Waals surface area contributed by atoms with E-state index in [4.69, 9.17) is 5.73 Å². The lowest BCUT2D eigenvalue weighted by atomic mass is 9.99. The number of carbonyl (C=O) groups excluding carboxylic acids is 3. The second kappa shape index (κ2) is 12.2. The van der Waals surface area contributed by atoms with Crippen molar-refractivity contribution in [2.75, 3.05) is 19.6 Å². The van der Waals surface area contributed by atoms with Crippen LogP contribution in [-0.4, -0.2) is 64.4 Å². The van der Waals surface area contributed by atoms with Crippen LogP contribution >= 0.6 is 0 Å². The monoisotopic (exact) mass is 603 g/mol. The van der Waals surface area contributed by atoms with Gasteiger partial charge in [0.2, 0.25) is 11.8 Å². The Morgan fingerprint density at radius 3 is 2.24 bits per heavy atom. The molecule has 2 aliphatic heterocycles. The van der Waals surface area contributed by atoms with Gasteiger partial charge >= 0.3 is 18.4 Å². The van der Waals surface area contributed by atoms with Gasteiger partial charge in [-0.25, -0.2) is 9.18 Å². The molecule has 0 saturated carbocycles. The maximum Gasteiger partial charge on any atom is 0.416 e. The van der Waals surface area contributed by atoms with Crippen LogP contribution in [0.2, 0.25) is 0 Å². The van der Waals surface area contributed by atoms with Gasteiger partial charge in [-0.2, -0.15) is 26.3 Å². The lowest BCUT2D eigenvalue weighted by Crippen LogP contribution is -2.71. The zero-order valence-corrected chi connectivity index (χ0v) is 22.1. The van der Waals surface area contributed by atoms with E-state index >= 15 is 0 Å². The van der Waals surface area contributed by atoms with E-state index in [0.29, 0.717) is 18.6 Å². The van der Waals surface area contributed by atoms with Crippen molar-refractivity contribution in [2.24, 2.45) is 5.73 Å². The Labute approximate surface area is 236 Å². The molecule has 2 aromatic carbocycles. The number of nitrogens with one attached hydrogen (secondary N) is 1. The number of amides is 4. The van der Waals surface area contributed by atoms with Crippen LogP contribution in [0.1, 0.15) is 41.5 Å². The van der Waals surface area contributed by atoms with Crippen LogP contribution in [0.15, 0.2) is 42.5 Å². The standard InChI is InChI=1S/C27H28F7N5O3/c28-20-5-2-1-4-17(20)14-37-15-22-38(9-7-23(40)39(22)21(24(37)41)6-3-8-35)25(42)36-13-16-10-18(26(29,30)31)12-19(11-16)27(32,33)34/h1-2,4-5,10-12,21-22H,3,6-9,13-15,35H2,(H,36,42)/t21-,22?/m0/s1. The van der Waals surface area contributed by atoms with E-state index < -0.39 is 71.5 Å². The first-order valence-corrected chi connectivity index (χ1v) is 13.1. The zero-order chi connectivity index (χ0) is 30.8. The van der Waals surface area contributed by atoms with E-state index in [1.807, 2.05) is 0 Å². The predicted octanol–water partition coefficient (Wildman–Crippen LogP) is 4.08. The Hall–Kier alpha value is -3.88. The van der Waals surface area contributed by atoms with E-state index in [1.54, 1.807) is 6.07 Å². The highest BCUT2D eigenvalue weighted by Gasteiger charge is 2.48. The van der Waals surface area contributed by atoms with Crippen molar-refractivity contribution < 1.29 is 45.1 Å². The lowest BCUT2D eigenvalue weighted by Gasteiger charge is -2.52. The Morgan fingerprint density at radius 1 is 1.00 bits per heavy atom. The Morgan fingerprint density at radius 2 is 1.64 bits per heavy atom. The molecular weight excluding hydrogens is 575 g/mol. The zero-order valence-electron chi connectivity index (χ0n) is 22.1. The molecule has 15 heteroatoms. The number of piperazine rings is 1. The van der Waals surface area contributed by atoms with Crippen molar-refractivity contribution in [3.05, 3.63) is 70.5 Å². The summed E-state index contributed by atoms with van der Waals surface area (Å²) < 4.78 is 94.0. The maximum absolute atomic E-state index is 14.4. The van der Waals surface area contributed by atoms with Gasteiger partial charge in [-0.1, -0.05) is 18.2 Å². The van der Waals surface area contributed by atoms with Crippen LogP contribution in [0, 0.1) is 5.82 Å². The minimum atomic E-state index is -5.05. The summed E-state index contributed by atoms with van der Waals surface area (Å²) in [4.78, 5) is 43.5. The molecule has 0 bridgehead atoms. The van der Waals surface area contributed by atoms with Crippen molar-refractivity contribution in [1.82, 2.24) is 20.0 Å². The molecular formula is C27H28F7N5O3. The summed E-state index contributed by atoms with van der Waals surface area (Å²) in [7, 11) is 0. The minimum Gasteiger partial charge on any atom is -0.334 e. The molecule has 2 aliphatic rings. The fourth-order valence-corrected chi connectivity index (χ4v) is 5.18. The first-order chi connectivity index (χ1) is 19.7. The third-order valence-electron chi connectivity index (χ3n) is 7.20. The van der Waals surface area contributed by atoms with E-state index in [-0.39, 0.29) is 50.7 Å². The van der Waals surface area contributed by atoms with Crippen LogP contribution in [0.5, 0.6) is 0 Å². The smallest absolute Gasteiger partial charge is 0.334 e. The molecule has 2 saturated heterocycles. The van der Waals surface area contributed by atoms with Crippen molar-refractivity contribution >= 4 is 17.8 Å². The number of carbonyl (C=O) groups is 3. The number of hydrogen-bond acceptors (Lipinski definition) is 4. The lowest BCUT2D eigenvalue weighted by molar-refractivity contribution is -0.167. The molecule has 2 fully saturated rings. The largest absolute Gasteiger partial charge is 0.416 e. The third kappa shape index (κ3) is 6.77. The number of benzene rings is 2. The van der Waals surface area contributed by atoms with Gasteiger partial charge in [0.1, 0.15) is 18.0 Å². The quantitative estimate of drug-likeness (QED) is 0.466. The summed E-state index contributed by atoms with van der Waals surface area (Å²) >= 11 is 0. The highest BCUT2D eigenvalue weighted by atomic mass is 19.4. The van der Waals surface area contributed by atoms with E-state index in [1.165, 1.54) is 32.9 Å². The summed E-state index contributed by atoms with van der Waals surface area (Å²) in [6.45, 7) is -0.910. The number of nitrogens with zero attached hydrogens (tertiary/aromatic N) is 3. The van der Waals surface area contributed by atoms with Crippen LogP contribution in [-0.2, 0) is 35.0 Å². The molecule has 1 unspecified atom stereocenters. The van der Waals surface area contributed by atoms with Crippen LogP contribution < -0.4 is 11.1 Å². The normalized spacial score (nSPS) is 19.7. The fraction of sp³-hybridized carbons (Fsp3) is 0.444. The number of hydrogen-bond donors (Lipinski definition) is 2. The number of alkyl halides is 6. The van der Waals surface area contributed by atoms with E-state index in [9.17, 15) is 45.1 Å². The molecule has 8 nitrogen and oxygen atoms in total. The van der Waals surface area contributed by atoms with Crippen molar-refractivity contribution in [1.29, 1.82) is 0 Å². The molecule has 2 aromatic rings. The Bertz CT molecular complexity index is 1300. The highest BCUT2D eigenvalue weighted by Crippen LogP contribution is 2.36. The van der Waals surface area contributed by atoms with Gasteiger partial charge in [0.15, 0.2) is 0 Å². The minimum absolute atomic E-state index is 0.00980. The molecule has 2 heterocycles. The average Bonchev–Trinajstić information content (AvgIpc) is 2.92. The molecule has 228 valence electrons. The topological polar surface area (TPSA) is 99.0 Å². The number of urea groups is 1. The van der Waals surface area contributed by atoms with Gasteiger partial charge in [0, 0.05) is 31.6 Å². The molecule has 4 rings (SSSR count). The van der Waals surface area contributed by atoms with Crippen LogP contribution in [0.3, 0.4) is 0 Å². The summed E-state index contributed by atoms with van der Waals surface area (Å²) in [6, 6.07) is 4.95. The first-order valence-electron chi connectivity index (χ1n) is 13.1. The second-order valence-electron chi connectivity index (χ2n) is 10.1. The number of rotatable bonds is 7. The van der Waals surface area contributed by atoms with Gasteiger partial charge < -0.3 is 25.8 Å². The van der Waals surface area contributed by atoms with Crippen LogP contribution in [0.25, 0.3) is 0 Å². The molecule has 2 atom stereocenters. The van der Waals surface area contributed by atoms with Crippen molar-refractivity contribution in [3.63, 3.8) is 0 Å². The van der Waals surface area contributed by atoms with Crippen LogP contribution in [0.4, 0.5) is 35.5 Å². The molecule has 0 spiro atoms. The van der Waals surface area contributed by atoms with E-state index in [0.717, 1.165) is 0 Å². The second-order valence-corrected chi connectivity index (χ2v) is 10.1. The summed E-state index contributed by atoms with van der Waals surface area (Å²) in [5.74, 6) is -1.42. The van der Waals surface area contributed by atoms with Gasteiger partial charge in [-0.3, -0.25) is 9.59 Å². The highest BCUT2D eigenvalue weighted by molar-refractivity contribution is 5.91. The molecule has 0 radical (unpaired) electrons. The molecule has 4 amide bonds.